The SMILES string of the molecule is CN=C(NCC1(c2cccc(F)c2)CC1)N(C)C.I. The van der Waals surface area contributed by atoms with E-state index in [1.165, 1.54) is 6.07 Å². The van der Waals surface area contributed by atoms with Gasteiger partial charge in [-0.15, -0.1) is 24.0 Å². The van der Waals surface area contributed by atoms with Crippen molar-refractivity contribution in [1.82, 2.24) is 10.2 Å². The third kappa shape index (κ3) is 3.81. The van der Waals surface area contributed by atoms with Crippen molar-refractivity contribution in [3.05, 3.63) is 35.6 Å². The Morgan fingerprint density at radius 2 is 2.11 bits per heavy atom. The van der Waals surface area contributed by atoms with Crippen molar-refractivity contribution in [2.45, 2.75) is 18.3 Å². The molecular formula is C14H21FIN3. The molecule has 1 aliphatic rings. The number of hydrogen-bond acceptors (Lipinski definition) is 1. The lowest BCUT2D eigenvalue weighted by Crippen LogP contribution is -2.40. The van der Waals surface area contributed by atoms with Crippen LogP contribution in [0.3, 0.4) is 0 Å². The summed E-state index contributed by atoms with van der Waals surface area (Å²) < 4.78 is 13.3. The van der Waals surface area contributed by atoms with Crippen LogP contribution in [-0.2, 0) is 5.41 Å². The minimum atomic E-state index is -0.157. The summed E-state index contributed by atoms with van der Waals surface area (Å²) in [6, 6.07) is 6.93. The molecule has 1 aliphatic carbocycles. The first-order valence-corrected chi connectivity index (χ1v) is 6.21. The normalized spacial score (nSPS) is 16.5. The Hall–Kier alpha value is -0.850. The number of nitrogens with one attached hydrogen (secondary N) is 1. The van der Waals surface area contributed by atoms with Crippen molar-refractivity contribution < 1.29 is 4.39 Å². The van der Waals surface area contributed by atoms with Crippen molar-refractivity contribution in [2.24, 2.45) is 4.99 Å². The molecule has 19 heavy (non-hydrogen) atoms. The lowest BCUT2D eigenvalue weighted by atomic mass is 9.96. The molecule has 0 spiro atoms. The Morgan fingerprint density at radius 1 is 1.42 bits per heavy atom. The van der Waals surface area contributed by atoms with E-state index in [9.17, 15) is 4.39 Å². The van der Waals surface area contributed by atoms with Crippen LogP contribution < -0.4 is 5.32 Å². The Kier molecular flexibility index (Phi) is 5.58. The summed E-state index contributed by atoms with van der Waals surface area (Å²) in [6.07, 6.45) is 2.21. The third-order valence-corrected chi connectivity index (χ3v) is 3.51. The molecule has 5 heteroatoms. The lowest BCUT2D eigenvalue weighted by molar-refractivity contribution is 0.556. The predicted octanol–water partition coefficient (Wildman–Crippen LogP) is 2.61. The summed E-state index contributed by atoms with van der Waals surface area (Å²) in [7, 11) is 5.68. The smallest absolute Gasteiger partial charge is 0.193 e. The quantitative estimate of drug-likeness (QED) is 0.498. The predicted molar refractivity (Wildman–Crippen MR) is 87.8 cm³/mol. The van der Waals surface area contributed by atoms with Gasteiger partial charge in [-0.1, -0.05) is 12.1 Å². The van der Waals surface area contributed by atoms with Gasteiger partial charge < -0.3 is 10.2 Å². The van der Waals surface area contributed by atoms with Gasteiger partial charge in [0.05, 0.1) is 0 Å². The maximum atomic E-state index is 13.3. The van der Waals surface area contributed by atoms with E-state index < -0.39 is 0 Å². The number of halogens is 2. The average Bonchev–Trinajstić information content (AvgIpc) is 3.10. The van der Waals surface area contributed by atoms with Crippen LogP contribution in [0.15, 0.2) is 29.3 Å². The highest BCUT2D eigenvalue weighted by atomic mass is 127. The molecule has 0 saturated heterocycles. The molecule has 2 rings (SSSR count). The van der Waals surface area contributed by atoms with Crippen LogP contribution in [0, 0.1) is 5.82 Å². The summed E-state index contributed by atoms with van der Waals surface area (Å²) in [4.78, 5) is 6.13. The van der Waals surface area contributed by atoms with Gasteiger partial charge in [-0.25, -0.2) is 4.39 Å². The zero-order valence-corrected chi connectivity index (χ0v) is 13.9. The second-order valence-electron chi connectivity index (χ2n) is 5.09. The fourth-order valence-corrected chi connectivity index (χ4v) is 2.22. The first-order valence-electron chi connectivity index (χ1n) is 6.21. The fraction of sp³-hybridized carbons (Fsp3) is 0.500. The number of benzene rings is 1. The molecule has 106 valence electrons. The molecule has 0 aliphatic heterocycles. The van der Waals surface area contributed by atoms with Gasteiger partial charge in [-0.3, -0.25) is 4.99 Å². The molecule has 0 amide bonds. The van der Waals surface area contributed by atoms with Crippen LogP contribution in [0.2, 0.25) is 0 Å². The standard InChI is InChI=1S/C14H20FN3.HI/c1-16-13(18(2)3)17-10-14(7-8-14)11-5-4-6-12(15)9-11;/h4-6,9H,7-8,10H2,1-3H3,(H,16,17);1H. The highest BCUT2D eigenvalue weighted by Crippen LogP contribution is 2.47. The van der Waals surface area contributed by atoms with Crippen molar-refractivity contribution in [2.75, 3.05) is 27.7 Å². The van der Waals surface area contributed by atoms with Crippen molar-refractivity contribution in [3.63, 3.8) is 0 Å². The van der Waals surface area contributed by atoms with Gasteiger partial charge >= 0.3 is 0 Å². The van der Waals surface area contributed by atoms with E-state index in [1.54, 1.807) is 19.2 Å². The molecule has 0 radical (unpaired) electrons. The molecule has 0 unspecified atom stereocenters. The van der Waals surface area contributed by atoms with Gasteiger partial charge in [0.1, 0.15) is 5.82 Å². The maximum Gasteiger partial charge on any atom is 0.193 e. The number of guanidine groups is 1. The Labute approximate surface area is 131 Å². The van der Waals surface area contributed by atoms with E-state index in [1.807, 2.05) is 25.1 Å². The zero-order valence-electron chi connectivity index (χ0n) is 11.6. The summed E-state index contributed by atoms with van der Waals surface area (Å²) in [6.45, 7) is 0.807. The van der Waals surface area contributed by atoms with Crippen molar-refractivity contribution in [1.29, 1.82) is 0 Å². The molecule has 0 atom stereocenters. The molecule has 1 aromatic carbocycles. The van der Waals surface area contributed by atoms with E-state index in [-0.39, 0.29) is 35.2 Å². The molecule has 1 aromatic rings. The summed E-state index contributed by atoms with van der Waals surface area (Å²) in [5.41, 5.74) is 1.18. The molecule has 1 fully saturated rings. The fourth-order valence-electron chi connectivity index (χ4n) is 2.22. The number of nitrogens with zero attached hydrogens (tertiary/aromatic N) is 2. The zero-order chi connectivity index (χ0) is 13.2. The van der Waals surface area contributed by atoms with Crippen LogP contribution in [0.4, 0.5) is 4.39 Å². The molecule has 0 bridgehead atoms. The van der Waals surface area contributed by atoms with E-state index >= 15 is 0 Å². The minimum Gasteiger partial charge on any atom is -0.355 e. The van der Waals surface area contributed by atoms with E-state index in [0.717, 1.165) is 30.9 Å². The Balaban J connectivity index is 0.00000180. The Morgan fingerprint density at radius 3 is 2.58 bits per heavy atom. The third-order valence-electron chi connectivity index (χ3n) is 3.51. The minimum absolute atomic E-state index is 0. The second-order valence-corrected chi connectivity index (χ2v) is 5.09. The molecule has 1 saturated carbocycles. The lowest BCUT2D eigenvalue weighted by Gasteiger charge is -2.21. The van der Waals surface area contributed by atoms with Gasteiger partial charge in [0.2, 0.25) is 0 Å². The summed E-state index contributed by atoms with van der Waals surface area (Å²) in [5, 5.41) is 3.34. The molecule has 0 heterocycles. The van der Waals surface area contributed by atoms with Gasteiger partial charge in [0.25, 0.3) is 0 Å². The molecule has 0 aromatic heterocycles. The van der Waals surface area contributed by atoms with Crippen LogP contribution in [0.5, 0.6) is 0 Å². The molecular weight excluding hydrogens is 356 g/mol. The van der Waals surface area contributed by atoms with Gasteiger partial charge in [0.15, 0.2) is 5.96 Å². The second kappa shape index (κ2) is 6.54. The van der Waals surface area contributed by atoms with E-state index in [4.69, 9.17) is 0 Å². The van der Waals surface area contributed by atoms with Crippen molar-refractivity contribution >= 4 is 29.9 Å². The molecule has 1 N–H and O–H groups in total. The average molecular weight is 377 g/mol. The first-order chi connectivity index (χ1) is 8.57. The highest BCUT2D eigenvalue weighted by Gasteiger charge is 2.44. The van der Waals surface area contributed by atoms with Crippen LogP contribution in [0.25, 0.3) is 0 Å². The number of aliphatic imine (C=N–C) groups is 1. The van der Waals surface area contributed by atoms with Crippen LogP contribution in [-0.4, -0.2) is 38.5 Å². The topological polar surface area (TPSA) is 27.6 Å². The van der Waals surface area contributed by atoms with Crippen LogP contribution in [0.1, 0.15) is 18.4 Å². The van der Waals surface area contributed by atoms with Gasteiger partial charge in [-0.2, -0.15) is 0 Å². The maximum absolute atomic E-state index is 13.3. The molecule has 3 nitrogen and oxygen atoms in total. The Bertz CT molecular complexity index is 456. The van der Waals surface area contributed by atoms with Gasteiger partial charge in [-0.05, 0) is 30.5 Å². The monoisotopic (exact) mass is 377 g/mol. The van der Waals surface area contributed by atoms with Gasteiger partial charge in [0, 0.05) is 33.1 Å². The van der Waals surface area contributed by atoms with E-state index in [2.05, 4.69) is 10.3 Å². The first kappa shape index (κ1) is 16.2. The number of hydrogen-bond donors (Lipinski definition) is 1. The number of rotatable bonds is 3. The summed E-state index contributed by atoms with van der Waals surface area (Å²) >= 11 is 0. The van der Waals surface area contributed by atoms with Crippen LogP contribution >= 0.6 is 24.0 Å². The largest absolute Gasteiger partial charge is 0.355 e. The van der Waals surface area contributed by atoms with E-state index in [0.29, 0.717) is 0 Å². The highest BCUT2D eigenvalue weighted by molar-refractivity contribution is 14.0. The summed E-state index contributed by atoms with van der Waals surface area (Å²) in [5.74, 6) is 0.702. The van der Waals surface area contributed by atoms with Crippen molar-refractivity contribution in [3.8, 4) is 0 Å².